The maximum atomic E-state index is 6.04. The highest BCUT2D eigenvalue weighted by atomic mass is 32.2. The topological polar surface area (TPSA) is 35.2 Å². The second kappa shape index (κ2) is 4.90. The summed E-state index contributed by atoms with van der Waals surface area (Å²) >= 11 is 1.90. The van der Waals surface area contributed by atoms with Crippen LogP contribution in [-0.4, -0.2) is 18.4 Å². The lowest BCUT2D eigenvalue weighted by molar-refractivity contribution is 0.414. The molecule has 2 N–H and O–H groups in total. The van der Waals surface area contributed by atoms with Gasteiger partial charge in [0.2, 0.25) is 0 Å². The summed E-state index contributed by atoms with van der Waals surface area (Å²) in [6.07, 6.45) is 3.70. The van der Waals surface area contributed by atoms with E-state index in [4.69, 9.17) is 10.5 Å². The molecule has 0 spiro atoms. The first-order valence-electron chi connectivity index (χ1n) is 5.36. The van der Waals surface area contributed by atoms with Gasteiger partial charge in [-0.2, -0.15) is 0 Å². The van der Waals surface area contributed by atoms with Crippen molar-refractivity contribution in [1.29, 1.82) is 0 Å². The summed E-state index contributed by atoms with van der Waals surface area (Å²) in [5.74, 6) is 0.912. The van der Waals surface area contributed by atoms with Crippen molar-refractivity contribution in [3.05, 3.63) is 24.3 Å². The standard InChI is InChI=1S/C12H17NOS/c1-14-9-5-7-10(8-6-9)15-12-4-2-3-11(12)13/h5-8,11-12H,2-4,13H2,1H3. The number of nitrogens with two attached hydrogens (primary N) is 1. The predicted octanol–water partition coefficient (Wildman–Crippen LogP) is 2.67. The van der Waals surface area contributed by atoms with Crippen molar-refractivity contribution in [3.8, 4) is 5.75 Å². The lowest BCUT2D eigenvalue weighted by Gasteiger charge is -2.14. The highest BCUT2D eigenvalue weighted by Gasteiger charge is 2.24. The van der Waals surface area contributed by atoms with Crippen LogP contribution in [0.4, 0.5) is 0 Å². The van der Waals surface area contributed by atoms with Gasteiger partial charge in [-0.3, -0.25) is 0 Å². The Kier molecular flexibility index (Phi) is 3.54. The highest BCUT2D eigenvalue weighted by molar-refractivity contribution is 8.00. The van der Waals surface area contributed by atoms with Crippen molar-refractivity contribution in [3.63, 3.8) is 0 Å². The first kappa shape index (κ1) is 10.8. The zero-order valence-electron chi connectivity index (χ0n) is 8.98. The number of ether oxygens (including phenoxy) is 1. The Labute approximate surface area is 95.2 Å². The summed E-state index contributed by atoms with van der Waals surface area (Å²) in [6.45, 7) is 0. The quantitative estimate of drug-likeness (QED) is 0.855. The van der Waals surface area contributed by atoms with E-state index in [1.807, 2.05) is 23.9 Å². The van der Waals surface area contributed by atoms with Crippen molar-refractivity contribution in [1.82, 2.24) is 0 Å². The molecule has 0 aromatic heterocycles. The molecule has 3 heteroatoms. The minimum absolute atomic E-state index is 0.372. The van der Waals surface area contributed by atoms with E-state index >= 15 is 0 Å². The zero-order chi connectivity index (χ0) is 10.7. The van der Waals surface area contributed by atoms with Crippen LogP contribution in [0, 0.1) is 0 Å². The van der Waals surface area contributed by atoms with Gasteiger partial charge < -0.3 is 10.5 Å². The summed E-state index contributed by atoms with van der Waals surface area (Å²) < 4.78 is 5.13. The van der Waals surface area contributed by atoms with Gasteiger partial charge in [0.05, 0.1) is 7.11 Å². The molecular formula is C12H17NOS. The Morgan fingerprint density at radius 1 is 1.27 bits per heavy atom. The van der Waals surface area contributed by atoms with E-state index in [0.717, 1.165) is 5.75 Å². The van der Waals surface area contributed by atoms with Crippen LogP contribution in [0.5, 0.6) is 5.75 Å². The number of methoxy groups -OCH3 is 1. The molecule has 15 heavy (non-hydrogen) atoms. The Hall–Kier alpha value is -0.670. The second-order valence-corrected chi connectivity index (χ2v) is 5.24. The smallest absolute Gasteiger partial charge is 0.118 e. The largest absolute Gasteiger partial charge is 0.497 e. The monoisotopic (exact) mass is 223 g/mol. The zero-order valence-corrected chi connectivity index (χ0v) is 9.80. The first-order chi connectivity index (χ1) is 7.29. The van der Waals surface area contributed by atoms with E-state index in [1.165, 1.54) is 24.2 Å². The van der Waals surface area contributed by atoms with E-state index in [-0.39, 0.29) is 0 Å². The maximum Gasteiger partial charge on any atom is 0.118 e. The SMILES string of the molecule is COc1ccc(SC2CCCC2N)cc1. The molecular weight excluding hydrogens is 206 g/mol. The third-order valence-electron chi connectivity index (χ3n) is 2.85. The Bertz CT molecular complexity index is 312. The highest BCUT2D eigenvalue weighted by Crippen LogP contribution is 2.34. The summed E-state index contributed by atoms with van der Waals surface area (Å²) in [5, 5.41) is 0.596. The van der Waals surface area contributed by atoms with Crippen molar-refractivity contribution >= 4 is 11.8 Å². The summed E-state index contributed by atoms with van der Waals surface area (Å²) in [6, 6.07) is 8.59. The molecule has 0 saturated heterocycles. The van der Waals surface area contributed by atoms with Crippen LogP contribution >= 0.6 is 11.8 Å². The molecule has 1 aromatic carbocycles. The average Bonchev–Trinajstić information content (AvgIpc) is 2.66. The van der Waals surface area contributed by atoms with E-state index in [0.29, 0.717) is 11.3 Å². The first-order valence-corrected chi connectivity index (χ1v) is 6.24. The molecule has 1 fully saturated rings. The molecule has 0 amide bonds. The fourth-order valence-corrected chi connectivity index (χ4v) is 3.17. The summed E-state index contributed by atoms with van der Waals surface area (Å²) in [7, 11) is 1.69. The third kappa shape index (κ3) is 2.67. The van der Waals surface area contributed by atoms with Gasteiger partial charge >= 0.3 is 0 Å². The van der Waals surface area contributed by atoms with Gasteiger partial charge in [-0.05, 0) is 37.1 Å². The van der Waals surface area contributed by atoms with Gasteiger partial charge in [0, 0.05) is 16.2 Å². The molecule has 1 aliphatic rings. The molecule has 82 valence electrons. The van der Waals surface area contributed by atoms with Crippen LogP contribution in [0.1, 0.15) is 19.3 Å². The Morgan fingerprint density at radius 2 is 2.00 bits per heavy atom. The number of hydrogen-bond donors (Lipinski definition) is 1. The fraction of sp³-hybridized carbons (Fsp3) is 0.500. The van der Waals surface area contributed by atoms with E-state index in [9.17, 15) is 0 Å². The van der Waals surface area contributed by atoms with Crippen molar-refractivity contribution in [2.45, 2.75) is 35.4 Å². The second-order valence-electron chi connectivity index (χ2n) is 3.93. The minimum atomic E-state index is 0.372. The molecule has 2 unspecified atom stereocenters. The van der Waals surface area contributed by atoms with Gasteiger partial charge in [0.25, 0.3) is 0 Å². The van der Waals surface area contributed by atoms with E-state index in [1.54, 1.807) is 7.11 Å². The average molecular weight is 223 g/mol. The molecule has 2 rings (SSSR count). The van der Waals surface area contributed by atoms with Crippen molar-refractivity contribution in [2.24, 2.45) is 5.73 Å². The normalized spacial score (nSPS) is 25.5. The minimum Gasteiger partial charge on any atom is -0.497 e. The molecule has 2 nitrogen and oxygen atoms in total. The number of rotatable bonds is 3. The fourth-order valence-electron chi connectivity index (χ4n) is 1.93. The van der Waals surface area contributed by atoms with Crippen LogP contribution in [0.15, 0.2) is 29.2 Å². The number of hydrogen-bond acceptors (Lipinski definition) is 3. The summed E-state index contributed by atoms with van der Waals surface area (Å²) in [4.78, 5) is 1.29. The molecule has 0 heterocycles. The molecule has 1 saturated carbocycles. The summed E-state index contributed by atoms with van der Waals surface area (Å²) in [5.41, 5.74) is 6.04. The van der Waals surface area contributed by atoms with Gasteiger partial charge in [-0.15, -0.1) is 11.8 Å². The molecule has 0 radical (unpaired) electrons. The third-order valence-corrected chi connectivity index (χ3v) is 4.28. The number of thioether (sulfide) groups is 1. The van der Waals surface area contributed by atoms with Gasteiger partial charge in [0.1, 0.15) is 5.75 Å². The Balaban J connectivity index is 1.98. The molecule has 0 aliphatic heterocycles. The Morgan fingerprint density at radius 3 is 2.53 bits per heavy atom. The van der Waals surface area contributed by atoms with Crippen molar-refractivity contribution < 1.29 is 4.74 Å². The van der Waals surface area contributed by atoms with Crippen LogP contribution in [0.2, 0.25) is 0 Å². The molecule has 2 atom stereocenters. The van der Waals surface area contributed by atoms with Gasteiger partial charge in [0.15, 0.2) is 0 Å². The maximum absolute atomic E-state index is 6.04. The van der Waals surface area contributed by atoms with Crippen LogP contribution in [0.25, 0.3) is 0 Å². The van der Waals surface area contributed by atoms with Gasteiger partial charge in [-0.25, -0.2) is 0 Å². The number of benzene rings is 1. The van der Waals surface area contributed by atoms with Crippen LogP contribution < -0.4 is 10.5 Å². The van der Waals surface area contributed by atoms with Crippen LogP contribution in [-0.2, 0) is 0 Å². The molecule has 1 aromatic rings. The molecule has 0 bridgehead atoms. The van der Waals surface area contributed by atoms with E-state index < -0.39 is 0 Å². The predicted molar refractivity (Wildman–Crippen MR) is 64.5 cm³/mol. The lowest BCUT2D eigenvalue weighted by atomic mass is 10.3. The van der Waals surface area contributed by atoms with Crippen LogP contribution in [0.3, 0.4) is 0 Å². The molecule has 1 aliphatic carbocycles. The van der Waals surface area contributed by atoms with Gasteiger partial charge in [-0.1, -0.05) is 6.42 Å². The lowest BCUT2D eigenvalue weighted by Crippen LogP contribution is -2.26. The van der Waals surface area contributed by atoms with E-state index in [2.05, 4.69) is 12.1 Å². The van der Waals surface area contributed by atoms with Crippen molar-refractivity contribution in [2.75, 3.05) is 7.11 Å².